The lowest BCUT2D eigenvalue weighted by Gasteiger charge is -2.28. The summed E-state index contributed by atoms with van der Waals surface area (Å²) in [5.41, 5.74) is 5.29. The number of aromatic nitrogens is 3. The summed E-state index contributed by atoms with van der Waals surface area (Å²) in [4.78, 5) is 6.84. The molecule has 0 saturated heterocycles. The van der Waals surface area contributed by atoms with Crippen molar-refractivity contribution in [3.63, 3.8) is 0 Å². The van der Waals surface area contributed by atoms with Crippen LogP contribution in [-0.4, -0.2) is 21.7 Å². The molecule has 3 aromatic rings. The van der Waals surface area contributed by atoms with Gasteiger partial charge in [-0.1, -0.05) is 48.5 Å². The molecule has 4 rings (SSSR count). The van der Waals surface area contributed by atoms with Crippen LogP contribution in [-0.2, 0) is 19.5 Å². The topological polar surface area (TPSA) is 53.9 Å². The number of nitrogens with zero attached hydrogens (tertiary/aromatic N) is 4. The molecule has 1 N–H and O–H groups in total. The average Bonchev–Trinajstić information content (AvgIpc) is 2.67. The lowest BCUT2D eigenvalue weighted by Crippen LogP contribution is -2.32. The fourth-order valence-corrected chi connectivity index (χ4v) is 3.17. The van der Waals surface area contributed by atoms with Crippen LogP contribution in [0.25, 0.3) is 0 Å². The first-order valence-electron chi connectivity index (χ1n) is 8.59. The van der Waals surface area contributed by atoms with Crippen molar-refractivity contribution in [2.45, 2.75) is 26.4 Å². The van der Waals surface area contributed by atoms with Gasteiger partial charge in [-0.05, 0) is 35.6 Å². The lowest BCUT2D eigenvalue weighted by molar-refractivity contribution is 0.697. The Morgan fingerprint density at radius 3 is 2.72 bits per heavy atom. The van der Waals surface area contributed by atoms with Gasteiger partial charge in [0.1, 0.15) is 0 Å². The summed E-state index contributed by atoms with van der Waals surface area (Å²) < 4.78 is 0. The second-order valence-corrected chi connectivity index (χ2v) is 6.36. The highest BCUT2D eigenvalue weighted by Gasteiger charge is 2.18. The largest absolute Gasteiger partial charge is 0.365 e. The molecule has 5 heteroatoms. The van der Waals surface area contributed by atoms with E-state index < -0.39 is 0 Å². The molecule has 126 valence electrons. The molecule has 0 fully saturated rings. The molecule has 1 aliphatic heterocycles. The Morgan fingerprint density at radius 2 is 1.84 bits per heavy atom. The maximum atomic E-state index is 4.66. The quantitative estimate of drug-likeness (QED) is 0.794. The number of benzene rings is 2. The molecule has 0 amide bonds. The Morgan fingerprint density at radius 1 is 1.04 bits per heavy atom. The summed E-state index contributed by atoms with van der Waals surface area (Å²) in [6.45, 7) is 4.60. The van der Waals surface area contributed by atoms with Crippen molar-refractivity contribution in [1.29, 1.82) is 0 Å². The Hall–Kier alpha value is -2.95. The van der Waals surface area contributed by atoms with Gasteiger partial charge in [-0.15, -0.1) is 5.10 Å². The van der Waals surface area contributed by atoms with Crippen molar-refractivity contribution < 1.29 is 0 Å². The number of hydrogen-bond donors (Lipinski definition) is 1. The molecule has 1 aliphatic rings. The van der Waals surface area contributed by atoms with Crippen molar-refractivity contribution >= 4 is 11.8 Å². The van der Waals surface area contributed by atoms with Crippen LogP contribution in [0, 0.1) is 6.92 Å². The van der Waals surface area contributed by atoms with Gasteiger partial charge in [-0.2, -0.15) is 10.1 Å². The van der Waals surface area contributed by atoms with Crippen molar-refractivity contribution in [3.8, 4) is 0 Å². The first-order chi connectivity index (χ1) is 12.3. The van der Waals surface area contributed by atoms with E-state index in [1.165, 1.54) is 22.3 Å². The maximum absolute atomic E-state index is 4.66. The van der Waals surface area contributed by atoms with E-state index in [2.05, 4.69) is 80.9 Å². The van der Waals surface area contributed by atoms with Crippen molar-refractivity contribution in [2.75, 3.05) is 16.8 Å². The maximum Gasteiger partial charge on any atom is 0.247 e. The number of fused-ring (bicyclic) bond motifs is 1. The van der Waals surface area contributed by atoms with E-state index in [4.69, 9.17) is 0 Å². The summed E-state index contributed by atoms with van der Waals surface area (Å²) in [7, 11) is 0. The summed E-state index contributed by atoms with van der Waals surface area (Å²) in [5.74, 6) is 1.44. The van der Waals surface area contributed by atoms with Crippen molar-refractivity contribution in [3.05, 3.63) is 77.0 Å². The molecule has 1 aromatic heterocycles. The molecule has 5 nitrogen and oxygen atoms in total. The van der Waals surface area contributed by atoms with Gasteiger partial charge >= 0.3 is 0 Å². The van der Waals surface area contributed by atoms with Crippen LogP contribution in [0.15, 0.2) is 54.7 Å². The highest BCUT2D eigenvalue weighted by molar-refractivity contribution is 5.43. The molecular weight excluding hydrogens is 310 g/mol. The molecule has 2 aromatic carbocycles. The van der Waals surface area contributed by atoms with Gasteiger partial charge in [0.2, 0.25) is 5.95 Å². The van der Waals surface area contributed by atoms with Gasteiger partial charge in [0.25, 0.3) is 0 Å². The summed E-state index contributed by atoms with van der Waals surface area (Å²) >= 11 is 0. The second kappa shape index (κ2) is 6.89. The Bertz CT molecular complexity index is 877. The molecule has 0 atom stereocenters. The van der Waals surface area contributed by atoms with Gasteiger partial charge in [-0.25, -0.2) is 0 Å². The fourth-order valence-electron chi connectivity index (χ4n) is 3.17. The summed E-state index contributed by atoms with van der Waals surface area (Å²) in [6, 6.07) is 16.9. The molecule has 25 heavy (non-hydrogen) atoms. The number of nitrogens with one attached hydrogen (secondary N) is 1. The first kappa shape index (κ1) is 15.6. The molecule has 0 unspecified atom stereocenters. The van der Waals surface area contributed by atoms with Crippen LogP contribution in [0.2, 0.25) is 0 Å². The number of aryl methyl sites for hydroxylation is 1. The monoisotopic (exact) mass is 331 g/mol. The van der Waals surface area contributed by atoms with Crippen LogP contribution in [0.1, 0.15) is 22.3 Å². The molecular formula is C20H21N5. The highest BCUT2D eigenvalue weighted by atomic mass is 15.3. The Labute approximate surface area is 147 Å². The zero-order valence-corrected chi connectivity index (χ0v) is 14.3. The molecule has 0 aliphatic carbocycles. The predicted octanol–water partition coefficient (Wildman–Crippen LogP) is 3.35. The standard InChI is InChI=1S/C20H21N5/c1-15-6-2-3-8-17(15)12-21-19-13-22-24-20(23-19)25-11-10-16-7-4-5-9-18(16)14-25/h2-9,13H,10-12,14H2,1H3,(H,21,23,24). The molecule has 0 spiro atoms. The minimum Gasteiger partial charge on any atom is -0.365 e. The SMILES string of the molecule is Cc1ccccc1CNc1cnnc(N2CCc3ccccc3C2)n1. The van der Waals surface area contributed by atoms with E-state index in [9.17, 15) is 0 Å². The second-order valence-electron chi connectivity index (χ2n) is 6.36. The van der Waals surface area contributed by atoms with E-state index in [1.807, 2.05) is 0 Å². The normalized spacial score (nSPS) is 13.4. The van der Waals surface area contributed by atoms with Crippen LogP contribution in [0.5, 0.6) is 0 Å². The van der Waals surface area contributed by atoms with E-state index in [-0.39, 0.29) is 0 Å². The summed E-state index contributed by atoms with van der Waals surface area (Å²) in [5, 5.41) is 11.7. The zero-order valence-electron chi connectivity index (χ0n) is 14.3. The number of hydrogen-bond acceptors (Lipinski definition) is 5. The van der Waals surface area contributed by atoms with Gasteiger partial charge < -0.3 is 10.2 Å². The number of anilines is 2. The smallest absolute Gasteiger partial charge is 0.247 e. The summed E-state index contributed by atoms with van der Waals surface area (Å²) in [6.07, 6.45) is 2.69. The van der Waals surface area contributed by atoms with E-state index in [1.54, 1.807) is 6.20 Å². The molecule has 0 radical (unpaired) electrons. The zero-order chi connectivity index (χ0) is 17.1. The van der Waals surface area contributed by atoms with Gasteiger partial charge in [0, 0.05) is 19.6 Å². The first-order valence-corrected chi connectivity index (χ1v) is 8.59. The van der Waals surface area contributed by atoms with Gasteiger partial charge in [0.15, 0.2) is 5.82 Å². The third-order valence-corrected chi connectivity index (χ3v) is 4.68. The van der Waals surface area contributed by atoms with Crippen LogP contribution in [0.3, 0.4) is 0 Å². The minimum atomic E-state index is 0.685. The molecule has 0 bridgehead atoms. The molecule has 2 heterocycles. The van der Waals surface area contributed by atoms with Crippen LogP contribution >= 0.6 is 0 Å². The van der Waals surface area contributed by atoms with Crippen molar-refractivity contribution in [1.82, 2.24) is 15.2 Å². The fraction of sp³-hybridized carbons (Fsp3) is 0.250. The van der Waals surface area contributed by atoms with Crippen LogP contribution < -0.4 is 10.2 Å². The highest BCUT2D eigenvalue weighted by Crippen LogP contribution is 2.22. The number of rotatable bonds is 4. The molecule has 0 saturated carbocycles. The van der Waals surface area contributed by atoms with Crippen molar-refractivity contribution in [2.24, 2.45) is 0 Å². The van der Waals surface area contributed by atoms with Gasteiger partial charge in [-0.3, -0.25) is 0 Å². The minimum absolute atomic E-state index is 0.685. The predicted molar refractivity (Wildman–Crippen MR) is 99.5 cm³/mol. The van der Waals surface area contributed by atoms with E-state index >= 15 is 0 Å². The third-order valence-electron chi connectivity index (χ3n) is 4.68. The van der Waals surface area contributed by atoms with E-state index in [0.29, 0.717) is 5.95 Å². The average molecular weight is 331 g/mol. The Kier molecular flexibility index (Phi) is 4.29. The van der Waals surface area contributed by atoms with E-state index in [0.717, 1.165) is 31.9 Å². The lowest BCUT2D eigenvalue weighted by atomic mass is 10.0. The van der Waals surface area contributed by atoms with Crippen LogP contribution in [0.4, 0.5) is 11.8 Å². The third kappa shape index (κ3) is 3.45. The van der Waals surface area contributed by atoms with Gasteiger partial charge in [0.05, 0.1) is 6.20 Å². The Balaban J connectivity index is 1.48.